The second-order valence-electron chi connectivity index (χ2n) is 4.59. The molecule has 0 spiro atoms. The molecule has 3 nitrogen and oxygen atoms in total. The molecule has 4 heteroatoms. The molecule has 0 aromatic heterocycles. The highest BCUT2D eigenvalue weighted by atomic mass is 19.1. The first kappa shape index (κ1) is 14.5. The van der Waals surface area contributed by atoms with Gasteiger partial charge in [-0.1, -0.05) is 13.8 Å². The lowest BCUT2D eigenvalue weighted by Gasteiger charge is -2.09. The Morgan fingerprint density at radius 3 is 2.83 bits per heavy atom. The third-order valence-electron chi connectivity index (χ3n) is 2.27. The minimum Gasteiger partial charge on any atom is -0.385 e. The van der Waals surface area contributed by atoms with Crippen LogP contribution in [0.3, 0.4) is 0 Å². The molecule has 0 amide bonds. The predicted molar refractivity (Wildman–Crippen MR) is 69.9 cm³/mol. The monoisotopic (exact) mass is 250 g/mol. The SMILES string of the molecule is CC(C)COCCCNc1cc(F)cc(C#N)c1. The summed E-state index contributed by atoms with van der Waals surface area (Å²) >= 11 is 0. The average molecular weight is 250 g/mol. The van der Waals surface area contributed by atoms with Crippen LogP contribution in [-0.4, -0.2) is 19.8 Å². The normalized spacial score (nSPS) is 10.4. The number of nitrogens with one attached hydrogen (secondary N) is 1. The van der Waals surface area contributed by atoms with Crippen LogP contribution < -0.4 is 5.32 Å². The Morgan fingerprint density at radius 2 is 2.17 bits per heavy atom. The molecule has 0 aliphatic rings. The van der Waals surface area contributed by atoms with Gasteiger partial charge in [0.15, 0.2) is 0 Å². The molecule has 98 valence electrons. The van der Waals surface area contributed by atoms with Crippen molar-refractivity contribution in [2.45, 2.75) is 20.3 Å². The van der Waals surface area contributed by atoms with E-state index in [1.54, 1.807) is 6.07 Å². The first-order valence-corrected chi connectivity index (χ1v) is 6.14. The minimum absolute atomic E-state index is 0.327. The van der Waals surface area contributed by atoms with Crippen molar-refractivity contribution in [1.29, 1.82) is 5.26 Å². The average Bonchev–Trinajstić information content (AvgIpc) is 2.32. The molecule has 0 aliphatic carbocycles. The van der Waals surface area contributed by atoms with Crippen molar-refractivity contribution in [2.24, 2.45) is 5.92 Å². The van der Waals surface area contributed by atoms with Crippen LogP contribution in [0.5, 0.6) is 0 Å². The maximum Gasteiger partial charge on any atom is 0.126 e. The van der Waals surface area contributed by atoms with Gasteiger partial charge in [-0.05, 0) is 30.5 Å². The van der Waals surface area contributed by atoms with E-state index in [1.807, 2.05) is 6.07 Å². The molecule has 0 heterocycles. The Morgan fingerprint density at radius 1 is 1.39 bits per heavy atom. The molecule has 0 fully saturated rings. The van der Waals surface area contributed by atoms with Crippen molar-refractivity contribution in [3.8, 4) is 6.07 Å². The fourth-order valence-electron chi connectivity index (χ4n) is 1.48. The number of nitriles is 1. The summed E-state index contributed by atoms with van der Waals surface area (Å²) in [6.45, 7) is 6.36. The van der Waals surface area contributed by atoms with Gasteiger partial charge in [0.2, 0.25) is 0 Å². The van der Waals surface area contributed by atoms with E-state index >= 15 is 0 Å². The molecule has 0 radical (unpaired) electrons. The summed E-state index contributed by atoms with van der Waals surface area (Å²) in [5.74, 6) is 0.145. The van der Waals surface area contributed by atoms with E-state index in [0.29, 0.717) is 30.3 Å². The smallest absolute Gasteiger partial charge is 0.126 e. The fourth-order valence-corrected chi connectivity index (χ4v) is 1.48. The van der Waals surface area contributed by atoms with Crippen molar-refractivity contribution >= 4 is 5.69 Å². The van der Waals surface area contributed by atoms with Gasteiger partial charge in [0.1, 0.15) is 5.82 Å². The Bertz CT molecular complexity index is 413. The number of anilines is 1. The van der Waals surface area contributed by atoms with Crippen LogP contribution in [0.2, 0.25) is 0 Å². The molecular formula is C14H19FN2O. The van der Waals surface area contributed by atoms with Gasteiger partial charge >= 0.3 is 0 Å². The van der Waals surface area contributed by atoms with Crippen LogP contribution in [-0.2, 0) is 4.74 Å². The van der Waals surface area contributed by atoms with Gasteiger partial charge in [0, 0.05) is 25.4 Å². The summed E-state index contributed by atoms with van der Waals surface area (Å²) < 4.78 is 18.6. The molecule has 1 rings (SSSR count). The second-order valence-corrected chi connectivity index (χ2v) is 4.59. The fraction of sp³-hybridized carbons (Fsp3) is 0.500. The summed E-state index contributed by atoms with van der Waals surface area (Å²) in [6.07, 6.45) is 0.852. The zero-order chi connectivity index (χ0) is 13.4. The molecule has 0 aliphatic heterocycles. The van der Waals surface area contributed by atoms with Gasteiger partial charge in [-0.3, -0.25) is 0 Å². The summed E-state index contributed by atoms with van der Waals surface area (Å²) in [5.41, 5.74) is 0.962. The molecule has 18 heavy (non-hydrogen) atoms. The van der Waals surface area contributed by atoms with Gasteiger partial charge in [-0.15, -0.1) is 0 Å². The number of benzene rings is 1. The summed E-state index contributed by atoms with van der Waals surface area (Å²) in [4.78, 5) is 0. The van der Waals surface area contributed by atoms with Crippen LogP contribution in [0.4, 0.5) is 10.1 Å². The molecule has 0 saturated carbocycles. The van der Waals surface area contributed by atoms with Crippen LogP contribution in [0.25, 0.3) is 0 Å². The highest BCUT2D eigenvalue weighted by molar-refractivity contribution is 5.49. The van der Waals surface area contributed by atoms with Crippen molar-refractivity contribution in [2.75, 3.05) is 25.1 Å². The summed E-state index contributed by atoms with van der Waals surface area (Å²) in [5, 5.41) is 11.8. The molecule has 1 aromatic rings. The number of nitrogens with zero attached hydrogens (tertiary/aromatic N) is 1. The van der Waals surface area contributed by atoms with E-state index in [1.165, 1.54) is 12.1 Å². The number of ether oxygens (including phenoxy) is 1. The van der Waals surface area contributed by atoms with Crippen LogP contribution in [0.15, 0.2) is 18.2 Å². The predicted octanol–water partition coefficient (Wildman–Crippen LogP) is 3.17. The van der Waals surface area contributed by atoms with Gasteiger partial charge in [0.25, 0.3) is 0 Å². The van der Waals surface area contributed by atoms with E-state index < -0.39 is 5.82 Å². The third kappa shape index (κ3) is 5.65. The second kappa shape index (κ2) is 7.67. The molecule has 0 unspecified atom stereocenters. The van der Waals surface area contributed by atoms with E-state index in [-0.39, 0.29) is 0 Å². The number of rotatable bonds is 7. The lowest BCUT2D eigenvalue weighted by atomic mass is 10.2. The molecule has 0 saturated heterocycles. The molecule has 0 atom stereocenters. The van der Waals surface area contributed by atoms with Gasteiger partial charge in [-0.2, -0.15) is 5.26 Å². The standard InChI is InChI=1S/C14H19FN2O/c1-11(2)10-18-5-3-4-17-14-7-12(9-16)6-13(15)8-14/h6-8,11,17H,3-5,10H2,1-2H3. The largest absolute Gasteiger partial charge is 0.385 e. The topological polar surface area (TPSA) is 45.0 Å². The van der Waals surface area contributed by atoms with Crippen molar-refractivity contribution < 1.29 is 9.13 Å². The van der Waals surface area contributed by atoms with E-state index in [9.17, 15) is 4.39 Å². The van der Waals surface area contributed by atoms with E-state index in [4.69, 9.17) is 10.00 Å². The maximum atomic E-state index is 13.1. The van der Waals surface area contributed by atoms with Crippen molar-refractivity contribution in [1.82, 2.24) is 0 Å². The lowest BCUT2D eigenvalue weighted by molar-refractivity contribution is 0.110. The highest BCUT2D eigenvalue weighted by Crippen LogP contribution is 2.13. The van der Waals surface area contributed by atoms with Crippen LogP contribution in [0, 0.1) is 23.1 Å². The first-order chi connectivity index (χ1) is 8.61. The molecule has 1 aromatic carbocycles. The molecule has 1 N–H and O–H groups in total. The quantitative estimate of drug-likeness (QED) is 0.756. The summed E-state index contributed by atoms with van der Waals surface area (Å²) in [7, 11) is 0. The Hall–Kier alpha value is -1.60. The Kier molecular flexibility index (Phi) is 6.16. The third-order valence-corrected chi connectivity index (χ3v) is 2.27. The maximum absolute atomic E-state index is 13.1. The first-order valence-electron chi connectivity index (χ1n) is 6.14. The van der Waals surface area contributed by atoms with E-state index in [2.05, 4.69) is 19.2 Å². The van der Waals surface area contributed by atoms with Crippen LogP contribution in [0.1, 0.15) is 25.8 Å². The van der Waals surface area contributed by atoms with Gasteiger partial charge in [0.05, 0.1) is 11.6 Å². The van der Waals surface area contributed by atoms with E-state index in [0.717, 1.165) is 13.0 Å². The summed E-state index contributed by atoms with van der Waals surface area (Å²) in [6, 6.07) is 6.17. The Balaban J connectivity index is 2.27. The Labute approximate surface area is 108 Å². The van der Waals surface area contributed by atoms with Crippen molar-refractivity contribution in [3.05, 3.63) is 29.6 Å². The molecule has 0 bridgehead atoms. The minimum atomic E-state index is -0.396. The highest BCUT2D eigenvalue weighted by Gasteiger charge is 2.00. The zero-order valence-corrected chi connectivity index (χ0v) is 10.9. The van der Waals surface area contributed by atoms with Gasteiger partial charge < -0.3 is 10.1 Å². The molecular weight excluding hydrogens is 231 g/mol. The number of halogens is 1. The zero-order valence-electron chi connectivity index (χ0n) is 10.9. The number of hydrogen-bond acceptors (Lipinski definition) is 3. The van der Waals surface area contributed by atoms with Gasteiger partial charge in [-0.25, -0.2) is 4.39 Å². The van der Waals surface area contributed by atoms with Crippen molar-refractivity contribution in [3.63, 3.8) is 0 Å². The lowest BCUT2D eigenvalue weighted by Crippen LogP contribution is -2.08. The van der Waals surface area contributed by atoms with Crippen LogP contribution >= 0.6 is 0 Å². The number of hydrogen-bond donors (Lipinski definition) is 1.